The van der Waals surface area contributed by atoms with Gasteiger partial charge in [0.1, 0.15) is 0 Å². The maximum absolute atomic E-state index is 12.8. The van der Waals surface area contributed by atoms with Crippen molar-refractivity contribution in [2.24, 2.45) is 5.92 Å². The van der Waals surface area contributed by atoms with Gasteiger partial charge in [-0.15, -0.1) is 0 Å². The molecule has 0 unspecified atom stereocenters. The largest absolute Gasteiger partial charge is 0.416 e. The van der Waals surface area contributed by atoms with E-state index < -0.39 is 23.6 Å². The van der Waals surface area contributed by atoms with Gasteiger partial charge < -0.3 is 10.2 Å². The molecule has 1 atom stereocenters. The molecule has 0 spiro atoms. The molecule has 0 aliphatic carbocycles. The fraction of sp³-hybridized carbons (Fsp3) is 0.263. The zero-order valence-corrected chi connectivity index (χ0v) is 14.0. The van der Waals surface area contributed by atoms with Crippen LogP contribution in [0.4, 0.5) is 24.5 Å². The topological polar surface area (TPSA) is 49.4 Å². The molecule has 2 aromatic rings. The average molecular weight is 362 g/mol. The second-order valence-corrected chi connectivity index (χ2v) is 6.26. The number of anilines is 2. The summed E-state index contributed by atoms with van der Waals surface area (Å²) in [6, 6.07) is 11.8. The van der Waals surface area contributed by atoms with E-state index in [0.717, 1.165) is 23.4 Å². The lowest BCUT2D eigenvalue weighted by Crippen LogP contribution is -2.28. The molecule has 0 aromatic heterocycles. The standard InChI is InChI=1S/C19H17F3N2O2/c1-12-5-2-3-8-16(12)24-11-13(9-17(24)25)18(26)23-15-7-4-6-14(10-15)19(20,21)22/h2-8,10,13H,9,11H2,1H3,(H,23,26)/t13-/m0/s1. The third-order valence-electron chi connectivity index (χ3n) is 4.36. The van der Waals surface area contributed by atoms with Crippen molar-refractivity contribution in [1.29, 1.82) is 0 Å². The van der Waals surface area contributed by atoms with Gasteiger partial charge in [0.2, 0.25) is 11.8 Å². The number of alkyl halides is 3. The van der Waals surface area contributed by atoms with Gasteiger partial charge in [-0.05, 0) is 36.8 Å². The van der Waals surface area contributed by atoms with Crippen LogP contribution in [0.2, 0.25) is 0 Å². The zero-order valence-electron chi connectivity index (χ0n) is 14.0. The molecule has 0 bridgehead atoms. The molecule has 7 heteroatoms. The van der Waals surface area contributed by atoms with Crippen molar-refractivity contribution in [2.45, 2.75) is 19.5 Å². The Morgan fingerprint density at radius 1 is 1.15 bits per heavy atom. The maximum Gasteiger partial charge on any atom is 0.416 e. The highest BCUT2D eigenvalue weighted by atomic mass is 19.4. The van der Waals surface area contributed by atoms with Gasteiger partial charge in [-0.25, -0.2) is 0 Å². The van der Waals surface area contributed by atoms with Crippen molar-refractivity contribution in [2.75, 3.05) is 16.8 Å². The quantitative estimate of drug-likeness (QED) is 0.897. The Morgan fingerprint density at radius 2 is 1.88 bits per heavy atom. The van der Waals surface area contributed by atoms with Gasteiger partial charge in [0.05, 0.1) is 11.5 Å². The molecule has 4 nitrogen and oxygen atoms in total. The highest BCUT2D eigenvalue weighted by molar-refractivity contribution is 6.03. The number of rotatable bonds is 3. The minimum atomic E-state index is -4.48. The summed E-state index contributed by atoms with van der Waals surface area (Å²) in [5.74, 6) is -1.26. The van der Waals surface area contributed by atoms with E-state index in [1.807, 2.05) is 25.1 Å². The molecule has 1 heterocycles. The molecule has 1 saturated heterocycles. The Morgan fingerprint density at radius 3 is 2.58 bits per heavy atom. The zero-order chi connectivity index (χ0) is 18.9. The van der Waals surface area contributed by atoms with Crippen LogP contribution in [-0.4, -0.2) is 18.4 Å². The first kappa shape index (κ1) is 18.0. The summed E-state index contributed by atoms with van der Waals surface area (Å²) in [5.41, 5.74) is 0.887. The van der Waals surface area contributed by atoms with Crippen LogP contribution in [-0.2, 0) is 15.8 Å². The predicted molar refractivity (Wildman–Crippen MR) is 91.7 cm³/mol. The number of amides is 2. The fourth-order valence-electron chi connectivity index (χ4n) is 3.00. The molecule has 3 rings (SSSR count). The Bertz CT molecular complexity index is 849. The molecule has 1 aliphatic rings. The first-order valence-corrected chi connectivity index (χ1v) is 8.10. The summed E-state index contributed by atoms with van der Waals surface area (Å²) in [7, 11) is 0. The number of hydrogen-bond donors (Lipinski definition) is 1. The van der Waals surface area contributed by atoms with Crippen LogP contribution in [0, 0.1) is 12.8 Å². The minimum Gasteiger partial charge on any atom is -0.326 e. The van der Waals surface area contributed by atoms with E-state index in [1.165, 1.54) is 12.1 Å². The van der Waals surface area contributed by atoms with Gasteiger partial charge in [0, 0.05) is 24.3 Å². The Balaban J connectivity index is 1.72. The van der Waals surface area contributed by atoms with Gasteiger partial charge in [-0.1, -0.05) is 24.3 Å². The molecular weight excluding hydrogens is 345 g/mol. The summed E-state index contributed by atoms with van der Waals surface area (Å²) in [6.07, 6.45) is -4.45. The number of aryl methyl sites for hydroxylation is 1. The van der Waals surface area contributed by atoms with Crippen LogP contribution in [0.15, 0.2) is 48.5 Å². The lowest BCUT2D eigenvalue weighted by atomic mass is 10.1. The first-order valence-electron chi connectivity index (χ1n) is 8.10. The Kier molecular flexibility index (Phi) is 4.71. The number of halogens is 3. The molecule has 1 N–H and O–H groups in total. The Labute approximate surface area is 148 Å². The molecule has 2 amide bonds. The van der Waals surface area contributed by atoms with E-state index in [9.17, 15) is 22.8 Å². The van der Waals surface area contributed by atoms with Gasteiger partial charge in [0.25, 0.3) is 0 Å². The molecule has 0 radical (unpaired) electrons. The van der Waals surface area contributed by atoms with Crippen molar-refractivity contribution in [3.8, 4) is 0 Å². The molecule has 2 aromatic carbocycles. The van der Waals surface area contributed by atoms with E-state index in [0.29, 0.717) is 0 Å². The van der Waals surface area contributed by atoms with Crippen LogP contribution < -0.4 is 10.2 Å². The van der Waals surface area contributed by atoms with Crippen LogP contribution in [0.5, 0.6) is 0 Å². The average Bonchev–Trinajstić information content (AvgIpc) is 2.97. The molecule has 0 saturated carbocycles. The third-order valence-corrected chi connectivity index (χ3v) is 4.36. The number of para-hydroxylation sites is 1. The highest BCUT2D eigenvalue weighted by Gasteiger charge is 2.36. The van der Waals surface area contributed by atoms with Crippen LogP contribution in [0.1, 0.15) is 17.5 Å². The summed E-state index contributed by atoms with van der Waals surface area (Å²) in [6.45, 7) is 2.08. The molecular formula is C19H17F3N2O2. The smallest absolute Gasteiger partial charge is 0.326 e. The van der Waals surface area contributed by atoms with E-state index in [2.05, 4.69) is 5.32 Å². The van der Waals surface area contributed by atoms with E-state index in [4.69, 9.17) is 0 Å². The highest BCUT2D eigenvalue weighted by Crippen LogP contribution is 2.31. The van der Waals surface area contributed by atoms with Gasteiger partial charge >= 0.3 is 6.18 Å². The number of carbonyl (C=O) groups excluding carboxylic acids is 2. The molecule has 1 fully saturated rings. The maximum atomic E-state index is 12.8. The summed E-state index contributed by atoms with van der Waals surface area (Å²) < 4.78 is 38.3. The third kappa shape index (κ3) is 3.71. The number of nitrogens with zero attached hydrogens (tertiary/aromatic N) is 1. The lowest BCUT2D eigenvalue weighted by Gasteiger charge is -2.19. The lowest BCUT2D eigenvalue weighted by molar-refractivity contribution is -0.137. The number of carbonyl (C=O) groups is 2. The van der Waals surface area contributed by atoms with Gasteiger partial charge in [0.15, 0.2) is 0 Å². The SMILES string of the molecule is Cc1ccccc1N1C[C@@H](C(=O)Nc2cccc(C(F)(F)F)c2)CC1=O. The second-order valence-electron chi connectivity index (χ2n) is 6.26. The first-order chi connectivity index (χ1) is 12.3. The number of benzene rings is 2. The van der Waals surface area contributed by atoms with Gasteiger partial charge in [-0.3, -0.25) is 9.59 Å². The van der Waals surface area contributed by atoms with Crippen LogP contribution in [0.25, 0.3) is 0 Å². The molecule has 1 aliphatic heterocycles. The van der Waals surface area contributed by atoms with Crippen molar-refractivity contribution in [3.05, 3.63) is 59.7 Å². The van der Waals surface area contributed by atoms with Crippen LogP contribution in [0.3, 0.4) is 0 Å². The van der Waals surface area contributed by atoms with E-state index in [-0.39, 0.29) is 24.6 Å². The number of nitrogens with one attached hydrogen (secondary N) is 1. The summed E-state index contributed by atoms with van der Waals surface area (Å²) in [4.78, 5) is 26.2. The second kappa shape index (κ2) is 6.82. The molecule has 26 heavy (non-hydrogen) atoms. The van der Waals surface area contributed by atoms with E-state index >= 15 is 0 Å². The minimum absolute atomic E-state index is 0.0269. The summed E-state index contributed by atoms with van der Waals surface area (Å²) >= 11 is 0. The fourth-order valence-corrected chi connectivity index (χ4v) is 3.00. The summed E-state index contributed by atoms with van der Waals surface area (Å²) in [5, 5.41) is 2.49. The van der Waals surface area contributed by atoms with E-state index in [1.54, 1.807) is 11.0 Å². The normalized spacial score (nSPS) is 17.5. The van der Waals surface area contributed by atoms with Crippen LogP contribution >= 0.6 is 0 Å². The predicted octanol–water partition coefficient (Wildman–Crippen LogP) is 4.01. The molecule has 136 valence electrons. The van der Waals surface area contributed by atoms with Crippen molar-refractivity contribution in [3.63, 3.8) is 0 Å². The Hall–Kier alpha value is -2.83. The van der Waals surface area contributed by atoms with Crippen molar-refractivity contribution < 1.29 is 22.8 Å². The monoisotopic (exact) mass is 362 g/mol. The van der Waals surface area contributed by atoms with Crippen molar-refractivity contribution in [1.82, 2.24) is 0 Å². The van der Waals surface area contributed by atoms with Crippen molar-refractivity contribution >= 4 is 23.2 Å². The van der Waals surface area contributed by atoms with Gasteiger partial charge in [-0.2, -0.15) is 13.2 Å². The number of hydrogen-bond acceptors (Lipinski definition) is 2.